The highest BCUT2D eigenvalue weighted by Crippen LogP contribution is 2.65. The fourth-order valence-electron chi connectivity index (χ4n) is 6.80. The zero-order valence-corrected chi connectivity index (χ0v) is 14.1. The Morgan fingerprint density at radius 2 is 1.91 bits per heavy atom. The summed E-state index contributed by atoms with van der Waals surface area (Å²) < 4.78 is 0. The minimum Gasteiger partial charge on any atom is -0.299 e. The molecule has 2 nitrogen and oxygen atoms in total. The molecule has 0 saturated heterocycles. The molecule has 0 aromatic carbocycles. The van der Waals surface area contributed by atoms with E-state index in [1.54, 1.807) is 0 Å². The van der Waals surface area contributed by atoms with Crippen LogP contribution in [0.1, 0.15) is 59.3 Å². The van der Waals surface area contributed by atoms with Gasteiger partial charge in [-0.05, 0) is 66.8 Å². The van der Waals surface area contributed by atoms with Gasteiger partial charge in [0.15, 0.2) is 5.78 Å². The summed E-state index contributed by atoms with van der Waals surface area (Å²) in [6.07, 6.45) is 10.1. The van der Waals surface area contributed by atoms with Crippen molar-refractivity contribution in [1.29, 1.82) is 0 Å². The molecule has 3 fully saturated rings. The van der Waals surface area contributed by atoms with E-state index in [0.717, 1.165) is 32.1 Å². The quantitative estimate of drug-likeness (QED) is 0.672. The predicted molar refractivity (Wildman–Crippen MR) is 86.2 cm³/mol. The molecule has 0 amide bonds. The lowest BCUT2D eigenvalue weighted by molar-refractivity contribution is -0.139. The monoisotopic (exact) mass is 300 g/mol. The normalized spacial score (nSPS) is 53.9. The first-order valence-electron chi connectivity index (χ1n) is 9.11. The number of allylic oxidation sites excluding steroid dienone is 2. The molecule has 2 unspecified atom stereocenters. The molecule has 22 heavy (non-hydrogen) atoms. The van der Waals surface area contributed by atoms with E-state index in [1.807, 2.05) is 6.08 Å². The average Bonchev–Trinajstić information content (AvgIpc) is 2.77. The minimum atomic E-state index is -0.0488. The van der Waals surface area contributed by atoms with Crippen molar-refractivity contribution in [2.75, 3.05) is 0 Å². The van der Waals surface area contributed by atoms with Gasteiger partial charge in [-0.2, -0.15) is 0 Å². The Kier molecular flexibility index (Phi) is 3.03. The largest absolute Gasteiger partial charge is 0.299 e. The van der Waals surface area contributed by atoms with E-state index in [2.05, 4.69) is 26.8 Å². The Hall–Kier alpha value is -0.920. The van der Waals surface area contributed by atoms with Crippen LogP contribution in [0.4, 0.5) is 0 Å². The van der Waals surface area contributed by atoms with E-state index in [1.165, 1.54) is 6.42 Å². The summed E-state index contributed by atoms with van der Waals surface area (Å²) >= 11 is 0. The van der Waals surface area contributed by atoms with Crippen LogP contribution in [0.15, 0.2) is 12.2 Å². The van der Waals surface area contributed by atoms with Crippen LogP contribution < -0.4 is 0 Å². The highest BCUT2D eigenvalue weighted by atomic mass is 16.1. The molecule has 0 radical (unpaired) electrons. The first-order valence-corrected chi connectivity index (χ1v) is 9.11. The third kappa shape index (κ3) is 1.73. The molecule has 0 aliphatic heterocycles. The molecule has 0 spiro atoms. The average molecular weight is 300 g/mol. The van der Waals surface area contributed by atoms with Crippen molar-refractivity contribution in [3.05, 3.63) is 12.2 Å². The highest BCUT2D eigenvalue weighted by Gasteiger charge is 2.61. The highest BCUT2D eigenvalue weighted by molar-refractivity contribution is 5.91. The standard InChI is InChI=1S/C20H28O2/c1-12-10-13-11-14(21)6-8-19(13,2)16-7-9-20(3)15(18(12)16)4-5-17(20)22/h6,8,12-13,15-16,18H,4-5,7,9-11H2,1-3H3/t12?,13?,15-,16+,18-,19-,20-/m0/s1. The van der Waals surface area contributed by atoms with Gasteiger partial charge in [-0.15, -0.1) is 0 Å². The lowest BCUT2D eigenvalue weighted by Crippen LogP contribution is -2.55. The maximum atomic E-state index is 12.5. The predicted octanol–water partition coefficient (Wildman–Crippen LogP) is 4.19. The molecule has 4 rings (SSSR count). The first kappa shape index (κ1) is 14.7. The van der Waals surface area contributed by atoms with Crippen LogP contribution in [0.3, 0.4) is 0 Å². The zero-order chi connectivity index (χ0) is 15.7. The van der Waals surface area contributed by atoms with Gasteiger partial charge in [0, 0.05) is 18.3 Å². The number of fused-ring (bicyclic) bond motifs is 5. The van der Waals surface area contributed by atoms with Gasteiger partial charge in [-0.25, -0.2) is 0 Å². The van der Waals surface area contributed by atoms with Crippen LogP contribution in [-0.4, -0.2) is 11.6 Å². The van der Waals surface area contributed by atoms with E-state index in [4.69, 9.17) is 0 Å². The van der Waals surface area contributed by atoms with E-state index in [0.29, 0.717) is 41.2 Å². The third-order valence-corrected chi connectivity index (χ3v) is 8.11. The smallest absolute Gasteiger partial charge is 0.155 e. The summed E-state index contributed by atoms with van der Waals surface area (Å²) in [5.41, 5.74) is 0.130. The van der Waals surface area contributed by atoms with E-state index in [9.17, 15) is 9.59 Å². The molecule has 4 aliphatic carbocycles. The van der Waals surface area contributed by atoms with Crippen LogP contribution >= 0.6 is 0 Å². The number of rotatable bonds is 0. The Balaban J connectivity index is 1.74. The Bertz CT molecular complexity index is 562. The zero-order valence-electron chi connectivity index (χ0n) is 14.1. The Morgan fingerprint density at radius 1 is 1.14 bits per heavy atom. The van der Waals surface area contributed by atoms with Gasteiger partial charge in [-0.1, -0.05) is 26.8 Å². The van der Waals surface area contributed by atoms with Crippen LogP contribution in [0, 0.1) is 40.4 Å². The maximum absolute atomic E-state index is 12.5. The van der Waals surface area contributed by atoms with Crippen molar-refractivity contribution in [2.45, 2.75) is 59.3 Å². The van der Waals surface area contributed by atoms with Crippen molar-refractivity contribution in [2.24, 2.45) is 40.4 Å². The summed E-state index contributed by atoms with van der Waals surface area (Å²) in [6, 6.07) is 0. The number of Topliss-reactive ketones (excluding diaryl/α,β-unsaturated/α-hetero) is 1. The Morgan fingerprint density at radius 3 is 2.68 bits per heavy atom. The SMILES string of the molecule is CC1CC2CC(=O)C=C[C@]2(C)[C@@H]2CC[C@]3(C)C(=O)CC[C@H]3[C@H]12. The van der Waals surface area contributed by atoms with Crippen molar-refractivity contribution < 1.29 is 9.59 Å². The second-order valence-corrected chi connectivity index (χ2v) is 8.99. The molecule has 4 aliphatic rings. The minimum absolute atomic E-state index is 0.0488. The fraction of sp³-hybridized carbons (Fsp3) is 0.800. The van der Waals surface area contributed by atoms with Crippen molar-refractivity contribution >= 4 is 11.6 Å². The molecule has 0 aromatic heterocycles. The number of hydrogen-bond donors (Lipinski definition) is 0. The third-order valence-electron chi connectivity index (χ3n) is 8.11. The van der Waals surface area contributed by atoms with Crippen molar-refractivity contribution in [3.8, 4) is 0 Å². The van der Waals surface area contributed by atoms with E-state index >= 15 is 0 Å². The lowest BCUT2D eigenvalue weighted by Gasteiger charge is -2.60. The van der Waals surface area contributed by atoms with E-state index < -0.39 is 0 Å². The van der Waals surface area contributed by atoms with Gasteiger partial charge in [0.05, 0.1) is 0 Å². The summed E-state index contributed by atoms with van der Waals surface area (Å²) in [4.78, 5) is 24.3. The van der Waals surface area contributed by atoms with Gasteiger partial charge in [0.2, 0.25) is 0 Å². The van der Waals surface area contributed by atoms with Gasteiger partial charge in [-0.3, -0.25) is 9.59 Å². The molecule has 3 saturated carbocycles. The second-order valence-electron chi connectivity index (χ2n) is 8.99. The summed E-state index contributed by atoms with van der Waals surface area (Å²) in [5, 5.41) is 0. The molecule has 0 N–H and O–H groups in total. The van der Waals surface area contributed by atoms with Crippen molar-refractivity contribution in [3.63, 3.8) is 0 Å². The second kappa shape index (κ2) is 4.55. The molecular formula is C20H28O2. The van der Waals surface area contributed by atoms with Crippen LogP contribution in [0.25, 0.3) is 0 Å². The number of ketones is 2. The molecule has 0 heterocycles. The van der Waals surface area contributed by atoms with E-state index in [-0.39, 0.29) is 10.8 Å². The number of carbonyl (C=O) groups excluding carboxylic acids is 2. The molecule has 7 atom stereocenters. The number of carbonyl (C=O) groups is 2. The molecule has 120 valence electrons. The summed E-state index contributed by atoms with van der Waals surface area (Å²) in [5.74, 6) is 3.91. The van der Waals surface area contributed by atoms with Gasteiger partial charge in [0.25, 0.3) is 0 Å². The maximum Gasteiger partial charge on any atom is 0.155 e. The van der Waals surface area contributed by atoms with Crippen LogP contribution in [0.5, 0.6) is 0 Å². The molecule has 0 bridgehead atoms. The molecule has 2 heteroatoms. The van der Waals surface area contributed by atoms with Gasteiger partial charge < -0.3 is 0 Å². The lowest BCUT2D eigenvalue weighted by atomic mass is 9.44. The molecular weight excluding hydrogens is 272 g/mol. The van der Waals surface area contributed by atoms with Crippen LogP contribution in [-0.2, 0) is 9.59 Å². The Labute approximate surface area is 133 Å². The fourth-order valence-corrected chi connectivity index (χ4v) is 6.80. The van der Waals surface area contributed by atoms with Crippen molar-refractivity contribution in [1.82, 2.24) is 0 Å². The summed E-state index contributed by atoms with van der Waals surface area (Å²) in [6.45, 7) is 7.02. The summed E-state index contributed by atoms with van der Waals surface area (Å²) in [7, 11) is 0. The van der Waals surface area contributed by atoms with Gasteiger partial charge >= 0.3 is 0 Å². The van der Waals surface area contributed by atoms with Crippen LogP contribution in [0.2, 0.25) is 0 Å². The topological polar surface area (TPSA) is 34.1 Å². The molecule has 0 aromatic rings. The van der Waals surface area contributed by atoms with Gasteiger partial charge in [0.1, 0.15) is 5.78 Å². The first-order chi connectivity index (χ1) is 10.4. The number of hydrogen-bond acceptors (Lipinski definition) is 2.